The number of fused-ring (bicyclic) bond motifs is 1. The lowest BCUT2D eigenvalue weighted by molar-refractivity contribution is -0.137. The summed E-state index contributed by atoms with van der Waals surface area (Å²) in [7, 11) is 0. The number of imide groups is 1. The predicted octanol–water partition coefficient (Wildman–Crippen LogP) is 5.12. The Bertz CT molecular complexity index is 1320. The number of carbonyl (C=O) groups is 2. The number of aliphatic imine (C=N–C) groups is 1. The average molecular weight is 476 g/mol. The Morgan fingerprint density at radius 3 is 2.11 bits per heavy atom. The van der Waals surface area contributed by atoms with Crippen molar-refractivity contribution in [1.82, 2.24) is 0 Å². The Labute approximate surface area is 199 Å². The number of alkyl halides is 3. The molecule has 176 valence electrons. The quantitative estimate of drug-likeness (QED) is 0.493. The number of allylic oxidation sites excluding steroid dienone is 1. The summed E-state index contributed by atoms with van der Waals surface area (Å²) < 4.78 is 45.1. The van der Waals surface area contributed by atoms with Gasteiger partial charge in [-0.15, -0.1) is 0 Å². The van der Waals surface area contributed by atoms with E-state index in [9.17, 15) is 22.8 Å². The van der Waals surface area contributed by atoms with Crippen molar-refractivity contribution in [2.75, 3.05) is 11.4 Å². The van der Waals surface area contributed by atoms with Gasteiger partial charge in [-0.05, 0) is 35.9 Å². The number of halogens is 3. The topological polar surface area (TPSA) is 59.0 Å². The number of ether oxygens (including phenoxy) is 1. The minimum Gasteiger partial charge on any atom is -0.477 e. The molecule has 0 unspecified atom stereocenters. The second-order valence-electron chi connectivity index (χ2n) is 8.18. The van der Waals surface area contributed by atoms with Crippen molar-refractivity contribution in [2.45, 2.75) is 12.3 Å². The largest absolute Gasteiger partial charge is 0.477 e. The molecule has 1 saturated heterocycles. The van der Waals surface area contributed by atoms with E-state index in [0.717, 1.165) is 17.0 Å². The van der Waals surface area contributed by atoms with E-state index in [0.29, 0.717) is 22.5 Å². The fourth-order valence-corrected chi connectivity index (χ4v) is 4.15. The van der Waals surface area contributed by atoms with Crippen LogP contribution in [0.3, 0.4) is 0 Å². The van der Waals surface area contributed by atoms with Gasteiger partial charge in [-0.3, -0.25) is 14.6 Å². The molecule has 0 spiro atoms. The molecule has 2 aliphatic rings. The van der Waals surface area contributed by atoms with Crippen molar-refractivity contribution in [3.63, 3.8) is 0 Å². The summed E-state index contributed by atoms with van der Waals surface area (Å²) in [6.07, 6.45) is -4.02. The van der Waals surface area contributed by atoms with Gasteiger partial charge in [0.25, 0.3) is 5.91 Å². The summed E-state index contributed by atoms with van der Waals surface area (Å²) in [4.78, 5) is 32.2. The predicted molar refractivity (Wildman–Crippen MR) is 125 cm³/mol. The van der Waals surface area contributed by atoms with Gasteiger partial charge in [0.05, 0.1) is 17.8 Å². The van der Waals surface area contributed by atoms with Crippen LogP contribution in [0.15, 0.2) is 95.7 Å². The van der Waals surface area contributed by atoms with Gasteiger partial charge in [0.1, 0.15) is 17.4 Å². The second kappa shape index (κ2) is 8.87. The minimum absolute atomic E-state index is 0.0349. The number of carbonyl (C=O) groups excluding carboxylic acids is 2. The van der Waals surface area contributed by atoms with E-state index in [1.807, 2.05) is 30.3 Å². The lowest BCUT2D eigenvalue weighted by Gasteiger charge is -2.18. The van der Waals surface area contributed by atoms with Gasteiger partial charge >= 0.3 is 6.18 Å². The molecule has 0 N–H and O–H groups in total. The number of amides is 2. The van der Waals surface area contributed by atoms with E-state index >= 15 is 0 Å². The molecule has 0 radical (unpaired) electrons. The van der Waals surface area contributed by atoms with Crippen molar-refractivity contribution in [1.29, 1.82) is 0 Å². The van der Waals surface area contributed by atoms with Crippen molar-refractivity contribution < 1.29 is 27.5 Å². The first-order valence-electron chi connectivity index (χ1n) is 10.9. The molecule has 3 aromatic carbocycles. The number of benzene rings is 3. The number of anilines is 1. The van der Waals surface area contributed by atoms with Gasteiger partial charge < -0.3 is 4.74 Å². The molecule has 2 aliphatic heterocycles. The first-order valence-corrected chi connectivity index (χ1v) is 10.9. The molecule has 0 aliphatic carbocycles. The van der Waals surface area contributed by atoms with Crippen LogP contribution in [0.4, 0.5) is 18.9 Å². The fourth-order valence-electron chi connectivity index (χ4n) is 4.15. The highest BCUT2D eigenvalue weighted by Gasteiger charge is 2.51. The van der Waals surface area contributed by atoms with Crippen LogP contribution < -0.4 is 4.90 Å². The Kier molecular flexibility index (Phi) is 5.72. The number of nitrogens with zero attached hydrogens (tertiary/aromatic N) is 2. The third-order valence-electron chi connectivity index (χ3n) is 5.90. The normalized spacial score (nSPS) is 21.4. The SMILES string of the molecule is O=C1[C@H]2CN=C(c3ccccc3)/C(=C/c3ccc(C(F)(F)F)cc3)O[C@H]2C(=O)N1c1ccccc1. The minimum atomic E-state index is -4.45. The van der Waals surface area contributed by atoms with Gasteiger partial charge in [0.2, 0.25) is 5.91 Å². The Morgan fingerprint density at radius 2 is 1.49 bits per heavy atom. The second-order valence-corrected chi connectivity index (χ2v) is 8.18. The Balaban J connectivity index is 1.55. The van der Waals surface area contributed by atoms with Crippen LogP contribution in [0.2, 0.25) is 0 Å². The first-order chi connectivity index (χ1) is 16.8. The van der Waals surface area contributed by atoms with Gasteiger partial charge in [-0.1, -0.05) is 60.7 Å². The highest BCUT2D eigenvalue weighted by molar-refractivity contribution is 6.24. The third kappa shape index (κ3) is 4.35. The van der Waals surface area contributed by atoms with Crippen LogP contribution in [0.25, 0.3) is 6.08 Å². The molecule has 2 heterocycles. The van der Waals surface area contributed by atoms with Gasteiger partial charge in [0, 0.05) is 5.56 Å². The molecule has 0 saturated carbocycles. The fraction of sp³-hybridized carbons (Fsp3) is 0.148. The van der Waals surface area contributed by atoms with E-state index in [1.165, 1.54) is 18.2 Å². The maximum absolute atomic E-state index is 13.3. The molecule has 8 heteroatoms. The summed E-state index contributed by atoms with van der Waals surface area (Å²) in [5, 5.41) is 0. The van der Waals surface area contributed by atoms with Crippen LogP contribution in [-0.2, 0) is 20.5 Å². The van der Waals surface area contributed by atoms with E-state index in [-0.39, 0.29) is 12.3 Å². The summed E-state index contributed by atoms with van der Waals surface area (Å²) in [6, 6.07) is 22.2. The van der Waals surface area contributed by atoms with Crippen molar-refractivity contribution in [3.8, 4) is 0 Å². The molecule has 1 fully saturated rings. The monoisotopic (exact) mass is 476 g/mol. The van der Waals surface area contributed by atoms with Gasteiger partial charge in [-0.25, -0.2) is 4.90 Å². The summed E-state index contributed by atoms with van der Waals surface area (Å²) in [6.45, 7) is 0.0349. The van der Waals surface area contributed by atoms with E-state index in [4.69, 9.17) is 4.74 Å². The zero-order valence-electron chi connectivity index (χ0n) is 18.3. The first kappa shape index (κ1) is 22.6. The molecule has 2 atom stereocenters. The van der Waals surface area contributed by atoms with Crippen LogP contribution in [0, 0.1) is 5.92 Å². The Hall–Kier alpha value is -4.20. The smallest absolute Gasteiger partial charge is 0.416 e. The highest BCUT2D eigenvalue weighted by atomic mass is 19.4. The molecular weight excluding hydrogens is 457 g/mol. The lowest BCUT2D eigenvalue weighted by atomic mass is 10.1. The summed E-state index contributed by atoms with van der Waals surface area (Å²) >= 11 is 0. The van der Waals surface area contributed by atoms with Crippen LogP contribution in [0.5, 0.6) is 0 Å². The van der Waals surface area contributed by atoms with Gasteiger partial charge in [-0.2, -0.15) is 13.2 Å². The molecular formula is C27H19F3N2O3. The summed E-state index contributed by atoms with van der Waals surface area (Å²) in [5.41, 5.74) is 1.23. The van der Waals surface area contributed by atoms with Crippen LogP contribution >= 0.6 is 0 Å². The van der Waals surface area contributed by atoms with E-state index in [1.54, 1.807) is 30.3 Å². The van der Waals surface area contributed by atoms with Gasteiger partial charge in [0.15, 0.2) is 6.10 Å². The standard InChI is InChI=1S/C27H19F3N2O3/c28-27(29,30)19-13-11-17(12-14-19)15-22-23(18-7-3-1-4-8-18)31-16-21-24(35-22)26(34)32(25(21)33)20-9-5-2-6-10-20/h1-15,21,24H,16H2/b22-15-/t21-,24+/m0/s1. The Morgan fingerprint density at radius 1 is 0.857 bits per heavy atom. The molecule has 2 amide bonds. The number of rotatable bonds is 3. The number of para-hydroxylation sites is 1. The summed E-state index contributed by atoms with van der Waals surface area (Å²) in [5.74, 6) is -1.52. The van der Waals surface area contributed by atoms with Crippen LogP contribution in [-0.4, -0.2) is 30.2 Å². The maximum atomic E-state index is 13.3. The molecule has 5 nitrogen and oxygen atoms in total. The molecule has 3 aromatic rings. The molecule has 5 rings (SSSR count). The van der Waals surface area contributed by atoms with E-state index in [2.05, 4.69) is 4.99 Å². The van der Waals surface area contributed by atoms with Crippen molar-refractivity contribution >= 4 is 29.3 Å². The zero-order chi connectivity index (χ0) is 24.6. The van der Waals surface area contributed by atoms with E-state index < -0.39 is 35.6 Å². The third-order valence-corrected chi connectivity index (χ3v) is 5.90. The molecule has 0 aromatic heterocycles. The number of hydrogen-bond acceptors (Lipinski definition) is 4. The number of hydrogen-bond donors (Lipinski definition) is 0. The highest BCUT2D eigenvalue weighted by Crippen LogP contribution is 2.34. The average Bonchev–Trinajstić information content (AvgIpc) is 2.98. The zero-order valence-corrected chi connectivity index (χ0v) is 18.3. The molecule has 35 heavy (non-hydrogen) atoms. The maximum Gasteiger partial charge on any atom is 0.416 e. The lowest BCUT2D eigenvalue weighted by Crippen LogP contribution is -2.33. The van der Waals surface area contributed by atoms with Crippen molar-refractivity contribution in [3.05, 3.63) is 107 Å². The van der Waals surface area contributed by atoms with Crippen LogP contribution in [0.1, 0.15) is 16.7 Å². The molecule has 0 bridgehead atoms. The van der Waals surface area contributed by atoms with Crippen molar-refractivity contribution in [2.24, 2.45) is 10.9 Å².